The summed E-state index contributed by atoms with van der Waals surface area (Å²) in [4.78, 5) is 7.04. The second-order valence-corrected chi connectivity index (χ2v) is 5.44. The summed E-state index contributed by atoms with van der Waals surface area (Å²) in [7, 11) is 0. The van der Waals surface area contributed by atoms with E-state index in [0.717, 1.165) is 24.1 Å². The summed E-state index contributed by atoms with van der Waals surface area (Å²) >= 11 is 0. The van der Waals surface area contributed by atoms with Gasteiger partial charge >= 0.3 is 0 Å². The molecule has 2 N–H and O–H groups in total. The summed E-state index contributed by atoms with van der Waals surface area (Å²) < 4.78 is 0. The lowest BCUT2D eigenvalue weighted by atomic mass is 10.1. The zero-order valence-corrected chi connectivity index (χ0v) is 10.5. The van der Waals surface area contributed by atoms with Gasteiger partial charge in [0, 0.05) is 18.6 Å². The lowest BCUT2D eigenvalue weighted by Gasteiger charge is -2.29. The van der Waals surface area contributed by atoms with E-state index < -0.39 is 0 Å². The number of anilines is 1. The van der Waals surface area contributed by atoms with Gasteiger partial charge in [-0.3, -0.25) is 4.98 Å². The summed E-state index contributed by atoms with van der Waals surface area (Å²) in [5.41, 5.74) is 8.28. The molecular formula is C14H21N3. The maximum Gasteiger partial charge on any atom is 0.0572 e. The van der Waals surface area contributed by atoms with Gasteiger partial charge in [-0.15, -0.1) is 0 Å². The molecule has 17 heavy (non-hydrogen) atoms. The molecule has 3 unspecified atom stereocenters. The SMILES string of the molecule is CCC(N)c1ccc(N2CC3CCC2C3)cn1. The molecule has 0 radical (unpaired) electrons. The van der Waals surface area contributed by atoms with Gasteiger partial charge in [0.25, 0.3) is 0 Å². The fraction of sp³-hybridized carbons (Fsp3) is 0.643. The van der Waals surface area contributed by atoms with Crippen molar-refractivity contribution in [1.82, 2.24) is 4.98 Å². The fourth-order valence-corrected chi connectivity index (χ4v) is 3.24. The minimum absolute atomic E-state index is 0.0825. The number of aromatic nitrogens is 1. The van der Waals surface area contributed by atoms with Gasteiger partial charge in [0.05, 0.1) is 17.6 Å². The first-order valence-electron chi connectivity index (χ1n) is 6.76. The van der Waals surface area contributed by atoms with Crippen molar-refractivity contribution in [2.75, 3.05) is 11.4 Å². The Morgan fingerprint density at radius 1 is 1.47 bits per heavy atom. The third-order valence-electron chi connectivity index (χ3n) is 4.33. The number of fused-ring (bicyclic) bond motifs is 2. The number of nitrogens with two attached hydrogens (primary N) is 1. The summed E-state index contributed by atoms with van der Waals surface area (Å²) in [6, 6.07) is 5.14. The molecule has 2 bridgehead atoms. The van der Waals surface area contributed by atoms with E-state index >= 15 is 0 Å². The summed E-state index contributed by atoms with van der Waals surface area (Å²) in [6.45, 7) is 3.32. The summed E-state index contributed by atoms with van der Waals surface area (Å²) in [5.74, 6) is 0.928. The van der Waals surface area contributed by atoms with Gasteiger partial charge in [-0.1, -0.05) is 6.92 Å². The van der Waals surface area contributed by atoms with E-state index in [-0.39, 0.29) is 6.04 Å². The molecule has 1 aliphatic carbocycles. The Balaban J connectivity index is 1.76. The lowest BCUT2D eigenvalue weighted by molar-refractivity contribution is 0.553. The van der Waals surface area contributed by atoms with Crippen LogP contribution in [0.15, 0.2) is 18.3 Å². The number of nitrogens with zero attached hydrogens (tertiary/aromatic N) is 2. The van der Waals surface area contributed by atoms with Gasteiger partial charge in [-0.2, -0.15) is 0 Å². The topological polar surface area (TPSA) is 42.1 Å². The maximum absolute atomic E-state index is 5.98. The van der Waals surface area contributed by atoms with Crippen molar-refractivity contribution in [3.05, 3.63) is 24.0 Å². The molecule has 1 aromatic heterocycles. The van der Waals surface area contributed by atoms with Crippen LogP contribution in [-0.2, 0) is 0 Å². The van der Waals surface area contributed by atoms with Crippen molar-refractivity contribution in [2.45, 2.75) is 44.7 Å². The highest BCUT2D eigenvalue weighted by molar-refractivity contribution is 5.48. The molecule has 1 saturated carbocycles. The molecule has 0 spiro atoms. The molecule has 3 nitrogen and oxygen atoms in total. The van der Waals surface area contributed by atoms with Gasteiger partial charge in [0.1, 0.15) is 0 Å². The number of hydrogen-bond donors (Lipinski definition) is 1. The molecule has 92 valence electrons. The molecular weight excluding hydrogens is 210 g/mol. The van der Waals surface area contributed by atoms with Gasteiger partial charge in [0.2, 0.25) is 0 Å². The summed E-state index contributed by atoms with van der Waals surface area (Å²) in [5, 5.41) is 0. The molecule has 1 aliphatic heterocycles. The van der Waals surface area contributed by atoms with E-state index in [2.05, 4.69) is 28.9 Å². The van der Waals surface area contributed by atoms with Crippen molar-refractivity contribution in [1.29, 1.82) is 0 Å². The van der Waals surface area contributed by atoms with Crippen LogP contribution in [0.5, 0.6) is 0 Å². The van der Waals surface area contributed by atoms with Crippen molar-refractivity contribution in [2.24, 2.45) is 11.7 Å². The van der Waals surface area contributed by atoms with Crippen LogP contribution >= 0.6 is 0 Å². The molecule has 2 fully saturated rings. The second-order valence-electron chi connectivity index (χ2n) is 5.44. The summed E-state index contributed by atoms with van der Waals surface area (Å²) in [6.07, 6.45) is 7.12. The third-order valence-corrected chi connectivity index (χ3v) is 4.33. The van der Waals surface area contributed by atoms with Crippen LogP contribution in [0.2, 0.25) is 0 Å². The van der Waals surface area contributed by atoms with Crippen molar-refractivity contribution in [3.8, 4) is 0 Å². The highest BCUT2D eigenvalue weighted by Crippen LogP contribution is 2.39. The van der Waals surface area contributed by atoms with Gasteiger partial charge in [-0.05, 0) is 43.7 Å². The highest BCUT2D eigenvalue weighted by Gasteiger charge is 2.37. The van der Waals surface area contributed by atoms with E-state index in [1.807, 2.05) is 6.20 Å². The second kappa shape index (κ2) is 4.30. The first-order valence-corrected chi connectivity index (χ1v) is 6.76. The zero-order chi connectivity index (χ0) is 11.8. The van der Waals surface area contributed by atoms with Gasteiger partial charge in [-0.25, -0.2) is 0 Å². The third kappa shape index (κ3) is 1.93. The predicted molar refractivity (Wildman–Crippen MR) is 69.9 cm³/mol. The van der Waals surface area contributed by atoms with Crippen molar-refractivity contribution in [3.63, 3.8) is 0 Å². The van der Waals surface area contributed by atoms with Crippen LogP contribution in [-0.4, -0.2) is 17.6 Å². The maximum atomic E-state index is 5.98. The Morgan fingerprint density at radius 2 is 2.35 bits per heavy atom. The van der Waals surface area contributed by atoms with Crippen LogP contribution in [0, 0.1) is 5.92 Å². The average molecular weight is 231 g/mol. The van der Waals surface area contributed by atoms with Crippen LogP contribution < -0.4 is 10.6 Å². The number of rotatable bonds is 3. The Kier molecular flexibility index (Phi) is 2.79. The predicted octanol–water partition coefficient (Wildman–Crippen LogP) is 2.48. The molecule has 3 heteroatoms. The van der Waals surface area contributed by atoms with Crippen LogP contribution in [0.4, 0.5) is 5.69 Å². The molecule has 0 aromatic carbocycles. The van der Waals surface area contributed by atoms with Crippen LogP contribution in [0.1, 0.15) is 44.3 Å². The number of pyridine rings is 1. The quantitative estimate of drug-likeness (QED) is 0.869. The van der Waals surface area contributed by atoms with Gasteiger partial charge < -0.3 is 10.6 Å². The standard InChI is InChI=1S/C14H21N3/c1-2-13(15)14-6-5-12(8-16-14)17-9-10-3-4-11(17)7-10/h5-6,8,10-11,13H,2-4,7,9,15H2,1H3. The normalized spacial score (nSPS) is 28.7. The Labute approximate surface area is 103 Å². The van der Waals surface area contributed by atoms with E-state index in [1.54, 1.807) is 0 Å². The highest BCUT2D eigenvalue weighted by atomic mass is 15.2. The fourth-order valence-electron chi connectivity index (χ4n) is 3.24. The lowest BCUT2D eigenvalue weighted by Crippen LogP contribution is -2.31. The first-order chi connectivity index (χ1) is 8.28. The van der Waals surface area contributed by atoms with E-state index in [1.165, 1.54) is 31.5 Å². The molecule has 3 atom stereocenters. The Morgan fingerprint density at radius 3 is 2.88 bits per heavy atom. The average Bonchev–Trinajstić information content (AvgIpc) is 3.00. The van der Waals surface area contributed by atoms with E-state index in [9.17, 15) is 0 Å². The molecule has 2 heterocycles. The van der Waals surface area contributed by atoms with Crippen LogP contribution in [0.25, 0.3) is 0 Å². The van der Waals surface area contributed by atoms with Gasteiger partial charge in [0.15, 0.2) is 0 Å². The number of hydrogen-bond acceptors (Lipinski definition) is 3. The minimum atomic E-state index is 0.0825. The van der Waals surface area contributed by atoms with E-state index in [0.29, 0.717) is 0 Å². The molecule has 1 saturated heterocycles. The molecule has 1 aromatic rings. The number of piperidine rings is 1. The Hall–Kier alpha value is -1.09. The van der Waals surface area contributed by atoms with Crippen molar-refractivity contribution < 1.29 is 0 Å². The zero-order valence-electron chi connectivity index (χ0n) is 10.5. The first kappa shape index (κ1) is 11.0. The van der Waals surface area contributed by atoms with Crippen molar-refractivity contribution >= 4 is 5.69 Å². The molecule has 3 rings (SSSR count). The smallest absolute Gasteiger partial charge is 0.0572 e. The molecule has 0 amide bonds. The van der Waals surface area contributed by atoms with E-state index in [4.69, 9.17) is 5.73 Å². The molecule has 2 aliphatic rings. The largest absolute Gasteiger partial charge is 0.367 e. The van der Waals surface area contributed by atoms with Crippen LogP contribution in [0.3, 0.4) is 0 Å². The Bertz CT molecular complexity index is 387. The minimum Gasteiger partial charge on any atom is -0.367 e. The monoisotopic (exact) mass is 231 g/mol.